The lowest BCUT2D eigenvalue weighted by molar-refractivity contribution is 0.553. The van der Waals surface area contributed by atoms with Crippen molar-refractivity contribution in [2.24, 2.45) is 0 Å². The molecular formula is C16H21F2N3. The van der Waals surface area contributed by atoms with Gasteiger partial charge in [0.15, 0.2) is 0 Å². The van der Waals surface area contributed by atoms with Crippen LogP contribution >= 0.6 is 0 Å². The summed E-state index contributed by atoms with van der Waals surface area (Å²) in [6.07, 6.45) is 0. The van der Waals surface area contributed by atoms with Gasteiger partial charge >= 0.3 is 0 Å². The molecule has 1 heterocycles. The van der Waals surface area contributed by atoms with Crippen LogP contribution in [0.4, 0.5) is 8.78 Å². The fourth-order valence-corrected chi connectivity index (χ4v) is 2.71. The van der Waals surface area contributed by atoms with Crippen LogP contribution in [-0.4, -0.2) is 16.3 Å². The highest BCUT2D eigenvalue weighted by atomic mass is 19.1. The maximum atomic E-state index is 13.8. The molecule has 1 atom stereocenters. The largest absolute Gasteiger partial charge is 0.310 e. The lowest BCUT2D eigenvalue weighted by Gasteiger charge is -2.13. The van der Waals surface area contributed by atoms with E-state index in [0.29, 0.717) is 12.1 Å². The smallest absolute Gasteiger partial charge is 0.131 e. The van der Waals surface area contributed by atoms with Gasteiger partial charge in [0.2, 0.25) is 0 Å². The summed E-state index contributed by atoms with van der Waals surface area (Å²) < 4.78 is 28.5. The Kier molecular flexibility index (Phi) is 4.73. The summed E-state index contributed by atoms with van der Waals surface area (Å²) in [6, 6.07) is 3.84. The third-order valence-corrected chi connectivity index (χ3v) is 3.72. The van der Waals surface area contributed by atoms with E-state index in [-0.39, 0.29) is 6.04 Å². The van der Waals surface area contributed by atoms with E-state index in [1.165, 1.54) is 12.1 Å². The molecule has 21 heavy (non-hydrogen) atoms. The van der Waals surface area contributed by atoms with Crippen LogP contribution in [-0.2, 0) is 6.54 Å². The lowest BCUT2D eigenvalue weighted by atomic mass is 10.1. The number of benzene rings is 1. The lowest BCUT2D eigenvalue weighted by Crippen LogP contribution is -2.19. The first-order valence-electron chi connectivity index (χ1n) is 7.15. The SMILES string of the molecule is CCNC(C)c1c(C)nn(Cc2ccc(F)cc2F)c1C. The number of rotatable bonds is 5. The Bertz CT molecular complexity index is 635. The molecule has 114 valence electrons. The van der Waals surface area contributed by atoms with Gasteiger partial charge in [-0.15, -0.1) is 0 Å². The van der Waals surface area contributed by atoms with Gasteiger partial charge in [0.25, 0.3) is 0 Å². The summed E-state index contributed by atoms with van der Waals surface area (Å²) in [5, 5.41) is 7.85. The van der Waals surface area contributed by atoms with Crippen LogP contribution in [0, 0.1) is 25.5 Å². The molecular weight excluding hydrogens is 272 g/mol. The van der Waals surface area contributed by atoms with E-state index in [2.05, 4.69) is 24.3 Å². The molecule has 0 aliphatic rings. The first-order valence-corrected chi connectivity index (χ1v) is 7.15. The van der Waals surface area contributed by atoms with Gasteiger partial charge in [-0.3, -0.25) is 4.68 Å². The van der Waals surface area contributed by atoms with Gasteiger partial charge in [-0.05, 0) is 33.4 Å². The predicted molar refractivity (Wildman–Crippen MR) is 79.3 cm³/mol. The van der Waals surface area contributed by atoms with Crippen molar-refractivity contribution in [1.29, 1.82) is 0 Å². The summed E-state index contributed by atoms with van der Waals surface area (Å²) in [4.78, 5) is 0. The maximum Gasteiger partial charge on any atom is 0.131 e. The number of hydrogen-bond acceptors (Lipinski definition) is 2. The molecule has 3 nitrogen and oxygen atoms in total. The molecule has 0 fully saturated rings. The highest BCUT2D eigenvalue weighted by molar-refractivity contribution is 5.29. The Balaban J connectivity index is 2.31. The minimum atomic E-state index is -0.564. The van der Waals surface area contributed by atoms with Crippen molar-refractivity contribution in [2.75, 3.05) is 6.54 Å². The number of aromatic nitrogens is 2. The fraction of sp³-hybridized carbons (Fsp3) is 0.438. The summed E-state index contributed by atoms with van der Waals surface area (Å²) >= 11 is 0. The number of nitrogens with one attached hydrogen (secondary N) is 1. The molecule has 0 spiro atoms. The Morgan fingerprint density at radius 3 is 2.62 bits per heavy atom. The summed E-state index contributed by atoms with van der Waals surface area (Å²) in [5.74, 6) is -1.10. The highest BCUT2D eigenvalue weighted by Crippen LogP contribution is 2.22. The molecule has 1 aromatic heterocycles. The molecule has 0 saturated carbocycles. The topological polar surface area (TPSA) is 29.9 Å². The molecule has 2 rings (SSSR count). The van der Waals surface area contributed by atoms with Crippen molar-refractivity contribution in [3.8, 4) is 0 Å². The van der Waals surface area contributed by atoms with Crippen LogP contribution in [0.3, 0.4) is 0 Å². The molecule has 5 heteroatoms. The minimum absolute atomic E-state index is 0.196. The molecule has 1 unspecified atom stereocenters. The van der Waals surface area contributed by atoms with Crippen molar-refractivity contribution in [3.05, 3.63) is 52.3 Å². The van der Waals surface area contributed by atoms with Crippen LogP contribution < -0.4 is 5.32 Å². The minimum Gasteiger partial charge on any atom is -0.310 e. The van der Waals surface area contributed by atoms with E-state index >= 15 is 0 Å². The van der Waals surface area contributed by atoms with Crippen molar-refractivity contribution in [1.82, 2.24) is 15.1 Å². The Hall–Kier alpha value is -1.75. The van der Waals surface area contributed by atoms with Crippen LogP contribution in [0.5, 0.6) is 0 Å². The Morgan fingerprint density at radius 2 is 2.00 bits per heavy atom. The van der Waals surface area contributed by atoms with Crippen molar-refractivity contribution in [3.63, 3.8) is 0 Å². The van der Waals surface area contributed by atoms with Crippen LogP contribution in [0.2, 0.25) is 0 Å². The average molecular weight is 293 g/mol. The van der Waals surface area contributed by atoms with E-state index < -0.39 is 11.6 Å². The normalized spacial score (nSPS) is 12.7. The second-order valence-corrected chi connectivity index (χ2v) is 5.26. The third kappa shape index (κ3) is 3.29. The zero-order valence-corrected chi connectivity index (χ0v) is 12.9. The van der Waals surface area contributed by atoms with Gasteiger partial charge in [0.05, 0.1) is 12.2 Å². The number of aryl methyl sites for hydroxylation is 1. The molecule has 0 aliphatic heterocycles. The first-order chi connectivity index (χ1) is 9.93. The van der Waals surface area contributed by atoms with E-state index in [1.54, 1.807) is 4.68 Å². The predicted octanol–water partition coefficient (Wildman–Crippen LogP) is 3.50. The molecule has 1 N–H and O–H groups in total. The fourth-order valence-electron chi connectivity index (χ4n) is 2.71. The van der Waals surface area contributed by atoms with E-state index in [9.17, 15) is 8.78 Å². The van der Waals surface area contributed by atoms with E-state index in [4.69, 9.17) is 0 Å². The zero-order chi connectivity index (χ0) is 15.6. The maximum absolute atomic E-state index is 13.8. The number of halogens is 2. The van der Waals surface area contributed by atoms with Gasteiger partial charge < -0.3 is 5.32 Å². The Labute approximate surface area is 124 Å². The summed E-state index contributed by atoms with van der Waals surface area (Å²) in [5.41, 5.74) is 3.51. The molecule has 0 saturated heterocycles. The van der Waals surface area contributed by atoms with Crippen molar-refractivity contribution >= 4 is 0 Å². The molecule has 2 aromatic rings. The van der Waals surface area contributed by atoms with Gasteiger partial charge in [0.1, 0.15) is 11.6 Å². The zero-order valence-electron chi connectivity index (χ0n) is 12.9. The number of nitrogens with zero attached hydrogens (tertiary/aromatic N) is 2. The second-order valence-electron chi connectivity index (χ2n) is 5.26. The standard InChI is InChI=1S/C16H21F2N3/c1-5-19-10(2)16-11(3)20-21(12(16)4)9-13-6-7-14(17)8-15(13)18/h6-8,10,19H,5,9H2,1-4H3. The van der Waals surface area contributed by atoms with E-state index in [1.807, 2.05) is 13.8 Å². The highest BCUT2D eigenvalue weighted by Gasteiger charge is 2.17. The Morgan fingerprint density at radius 1 is 1.29 bits per heavy atom. The average Bonchev–Trinajstić information content (AvgIpc) is 2.68. The third-order valence-electron chi connectivity index (χ3n) is 3.72. The molecule has 0 bridgehead atoms. The molecule has 0 aliphatic carbocycles. The molecule has 1 aromatic carbocycles. The number of hydrogen-bond donors (Lipinski definition) is 1. The van der Waals surface area contributed by atoms with Crippen molar-refractivity contribution in [2.45, 2.75) is 40.3 Å². The molecule has 0 radical (unpaired) electrons. The van der Waals surface area contributed by atoms with Crippen LogP contribution in [0.1, 0.15) is 42.4 Å². The first kappa shape index (κ1) is 15.6. The van der Waals surface area contributed by atoms with Gasteiger partial charge in [0, 0.05) is 28.9 Å². The van der Waals surface area contributed by atoms with Crippen molar-refractivity contribution < 1.29 is 8.78 Å². The summed E-state index contributed by atoms with van der Waals surface area (Å²) in [7, 11) is 0. The van der Waals surface area contributed by atoms with Gasteiger partial charge in [-0.1, -0.05) is 13.0 Å². The van der Waals surface area contributed by atoms with Crippen LogP contribution in [0.25, 0.3) is 0 Å². The van der Waals surface area contributed by atoms with Gasteiger partial charge in [-0.2, -0.15) is 5.10 Å². The van der Waals surface area contributed by atoms with E-state index in [0.717, 1.165) is 29.6 Å². The van der Waals surface area contributed by atoms with Gasteiger partial charge in [-0.25, -0.2) is 8.78 Å². The second kappa shape index (κ2) is 6.35. The van der Waals surface area contributed by atoms with Crippen LogP contribution in [0.15, 0.2) is 18.2 Å². The molecule has 0 amide bonds. The quantitative estimate of drug-likeness (QED) is 0.914. The summed E-state index contributed by atoms with van der Waals surface area (Å²) in [6.45, 7) is 9.25. The monoisotopic (exact) mass is 293 g/mol.